The molecule has 0 atom stereocenters. The van der Waals surface area contributed by atoms with E-state index >= 15 is 0 Å². The van der Waals surface area contributed by atoms with Crippen molar-refractivity contribution < 1.29 is 9.90 Å². The second-order valence-electron chi connectivity index (χ2n) is 4.36. The van der Waals surface area contributed by atoms with Crippen LogP contribution in [0, 0.1) is 0 Å². The van der Waals surface area contributed by atoms with E-state index in [-0.39, 0.29) is 5.69 Å². The molecule has 5 heteroatoms. The molecule has 2 aliphatic rings. The highest BCUT2D eigenvalue weighted by Gasteiger charge is 2.30. The minimum Gasteiger partial charge on any atom is -0.476 e. The first-order valence-corrected chi connectivity index (χ1v) is 5.59. The van der Waals surface area contributed by atoms with Gasteiger partial charge in [0, 0.05) is 31.0 Å². The molecule has 0 unspecified atom stereocenters. The van der Waals surface area contributed by atoms with Gasteiger partial charge in [0.1, 0.15) is 5.82 Å². The van der Waals surface area contributed by atoms with Crippen LogP contribution >= 0.6 is 0 Å². The molecule has 0 aromatic carbocycles. The number of fused-ring (bicyclic) bond motifs is 1. The standard InChI is InChI=1S/C11H13N3O2/c15-11(16)9-7-5-12-4-3-8(7)13-10(14-9)6-1-2-6/h6,12H,1-5H2,(H,15,16). The minimum atomic E-state index is -0.941. The molecule has 16 heavy (non-hydrogen) atoms. The Kier molecular flexibility index (Phi) is 2.14. The first kappa shape index (κ1) is 9.72. The maximum Gasteiger partial charge on any atom is 0.354 e. The van der Waals surface area contributed by atoms with Gasteiger partial charge in [-0.25, -0.2) is 14.8 Å². The van der Waals surface area contributed by atoms with E-state index in [1.165, 1.54) is 0 Å². The van der Waals surface area contributed by atoms with Crippen LogP contribution in [0.5, 0.6) is 0 Å². The van der Waals surface area contributed by atoms with Gasteiger partial charge in [-0.1, -0.05) is 0 Å². The van der Waals surface area contributed by atoms with E-state index in [0.717, 1.165) is 42.9 Å². The van der Waals surface area contributed by atoms with Crippen molar-refractivity contribution in [2.24, 2.45) is 0 Å². The molecule has 84 valence electrons. The molecular formula is C11H13N3O2. The second-order valence-corrected chi connectivity index (χ2v) is 4.36. The highest BCUT2D eigenvalue weighted by molar-refractivity contribution is 5.87. The van der Waals surface area contributed by atoms with E-state index in [1.54, 1.807) is 0 Å². The van der Waals surface area contributed by atoms with Crippen molar-refractivity contribution in [1.29, 1.82) is 0 Å². The third-order valence-corrected chi connectivity index (χ3v) is 3.10. The Morgan fingerprint density at radius 1 is 1.38 bits per heavy atom. The zero-order valence-electron chi connectivity index (χ0n) is 8.86. The molecule has 1 fully saturated rings. The summed E-state index contributed by atoms with van der Waals surface area (Å²) in [5.74, 6) is 0.195. The molecule has 3 rings (SSSR count). The smallest absolute Gasteiger partial charge is 0.354 e. The van der Waals surface area contributed by atoms with Crippen LogP contribution in [-0.2, 0) is 13.0 Å². The summed E-state index contributed by atoms with van der Waals surface area (Å²) in [5.41, 5.74) is 1.88. The summed E-state index contributed by atoms with van der Waals surface area (Å²) in [6.07, 6.45) is 2.99. The number of aromatic nitrogens is 2. The monoisotopic (exact) mass is 219 g/mol. The molecule has 2 N–H and O–H groups in total. The Hall–Kier alpha value is -1.49. The summed E-state index contributed by atoms with van der Waals surface area (Å²) < 4.78 is 0. The lowest BCUT2D eigenvalue weighted by Gasteiger charge is -2.18. The average Bonchev–Trinajstić information content (AvgIpc) is 3.11. The third-order valence-electron chi connectivity index (χ3n) is 3.10. The van der Waals surface area contributed by atoms with Gasteiger partial charge in [0.05, 0.1) is 5.69 Å². The van der Waals surface area contributed by atoms with Gasteiger partial charge in [0.15, 0.2) is 5.69 Å². The number of rotatable bonds is 2. The van der Waals surface area contributed by atoms with Gasteiger partial charge < -0.3 is 10.4 Å². The zero-order valence-corrected chi connectivity index (χ0v) is 8.86. The Balaban J connectivity index is 2.12. The highest BCUT2D eigenvalue weighted by atomic mass is 16.4. The van der Waals surface area contributed by atoms with Gasteiger partial charge in [-0.2, -0.15) is 0 Å². The number of hydrogen-bond acceptors (Lipinski definition) is 4. The van der Waals surface area contributed by atoms with Gasteiger partial charge in [-0.05, 0) is 12.8 Å². The maximum atomic E-state index is 11.2. The Morgan fingerprint density at radius 3 is 2.88 bits per heavy atom. The molecule has 1 aromatic rings. The summed E-state index contributed by atoms with van der Waals surface area (Å²) >= 11 is 0. The first-order valence-electron chi connectivity index (χ1n) is 5.59. The molecule has 1 aliphatic carbocycles. The van der Waals surface area contributed by atoms with Gasteiger partial charge >= 0.3 is 5.97 Å². The van der Waals surface area contributed by atoms with Gasteiger partial charge in [-0.15, -0.1) is 0 Å². The lowest BCUT2D eigenvalue weighted by molar-refractivity contribution is 0.0688. The second kappa shape index (κ2) is 3.52. The van der Waals surface area contributed by atoms with E-state index in [4.69, 9.17) is 5.11 Å². The van der Waals surface area contributed by atoms with Gasteiger partial charge in [0.2, 0.25) is 0 Å². The van der Waals surface area contributed by atoms with Gasteiger partial charge in [0.25, 0.3) is 0 Å². The largest absolute Gasteiger partial charge is 0.476 e. The number of carboxylic acid groups (broad SMARTS) is 1. The molecular weight excluding hydrogens is 206 g/mol. The van der Waals surface area contributed by atoms with Crippen LogP contribution in [0.25, 0.3) is 0 Å². The van der Waals surface area contributed by atoms with Crippen LogP contribution in [0.4, 0.5) is 0 Å². The molecule has 5 nitrogen and oxygen atoms in total. The summed E-state index contributed by atoms with van der Waals surface area (Å²) in [6, 6.07) is 0. The number of carbonyl (C=O) groups is 1. The normalized spacial score (nSPS) is 19.2. The summed E-state index contributed by atoms with van der Waals surface area (Å²) in [7, 11) is 0. The van der Waals surface area contributed by atoms with Crippen molar-refractivity contribution in [2.45, 2.75) is 31.7 Å². The van der Waals surface area contributed by atoms with E-state index in [0.29, 0.717) is 12.5 Å². The van der Waals surface area contributed by atoms with Gasteiger partial charge in [-0.3, -0.25) is 0 Å². The van der Waals surface area contributed by atoms with Crippen LogP contribution < -0.4 is 5.32 Å². The van der Waals surface area contributed by atoms with E-state index in [1.807, 2.05) is 0 Å². The predicted octanol–water partition coefficient (Wildman–Crippen LogP) is 0.698. The summed E-state index contributed by atoms with van der Waals surface area (Å²) in [4.78, 5) is 19.9. The van der Waals surface area contributed by atoms with Crippen molar-refractivity contribution in [3.05, 3.63) is 22.8 Å². The van der Waals surface area contributed by atoms with Crippen LogP contribution in [0.15, 0.2) is 0 Å². The molecule has 0 spiro atoms. The average molecular weight is 219 g/mol. The van der Waals surface area contributed by atoms with E-state index < -0.39 is 5.97 Å². The molecule has 1 aliphatic heterocycles. The predicted molar refractivity (Wildman–Crippen MR) is 56.4 cm³/mol. The first-order chi connectivity index (χ1) is 7.75. The lowest BCUT2D eigenvalue weighted by atomic mass is 10.0. The molecule has 2 heterocycles. The highest BCUT2D eigenvalue weighted by Crippen LogP contribution is 2.38. The SMILES string of the molecule is O=C(O)c1nc(C2CC2)nc2c1CNCC2. The van der Waals surface area contributed by atoms with Crippen LogP contribution in [0.2, 0.25) is 0 Å². The van der Waals surface area contributed by atoms with E-state index in [2.05, 4.69) is 15.3 Å². The Morgan fingerprint density at radius 2 is 2.19 bits per heavy atom. The molecule has 0 bridgehead atoms. The molecule has 0 amide bonds. The third kappa shape index (κ3) is 1.57. The number of hydrogen-bond donors (Lipinski definition) is 2. The van der Waals surface area contributed by atoms with Crippen LogP contribution in [0.1, 0.15) is 46.3 Å². The Labute approximate surface area is 92.9 Å². The van der Waals surface area contributed by atoms with Crippen molar-refractivity contribution in [3.8, 4) is 0 Å². The maximum absolute atomic E-state index is 11.2. The Bertz CT molecular complexity index is 455. The molecule has 1 saturated carbocycles. The zero-order chi connectivity index (χ0) is 11.1. The summed E-state index contributed by atoms with van der Waals surface area (Å²) in [6.45, 7) is 1.44. The lowest BCUT2D eigenvalue weighted by Crippen LogP contribution is -2.28. The van der Waals surface area contributed by atoms with Crippen molar-refractivity contribution in [1.82, 2.24) is 15.3 Å². The fraction of sp³-hybridized carbons (Fsp3) is 0.545. The fourth-order valence-corrected chi connectivity index (χ4v) is 2.06. The quantitative estimate of drug-likeness (QED) is 0.765. The van der Waals surface area contributed by atoms with E-state index in [9.17, 15) is 4.79 Å². The fourth-order valence-electron chi connectivity index (χ4n) is 2.06. The molecule has 1 aromatic heterocycles. The number of aromatic carboxylic acids is 1. The number of carboxylic acids is 1. The van der Waals surface area contributed by atoms with Crippen molar-refractivity contribution in [3.63, 3.8) is 0 Å². The number of nitrogens with one attached hydrogen (secondary N) is 1. The van der Waals surface area contributed by atoms with Crippen molar-refractivity contribution >= 4 is 5.97 Å². The molecule has 0 radical (unpaired) electrons. The minimum absolute atomic E-state index is 0.194. The van der Waals surface area contributed by atoms with Crippen LogP contribution in [0.3, 0.4) is 0 Å². The van der Waals surface area contributed by atoms with Crippen LogP contribution in [-0.4, -0.2) is 27.6 Å². The molecule has 0 saturated heterocycles. The summed E-state index contributed by atoms with van der Waals surface area (Å²) in [5, 5.41) is 12.3. The van der Waals surface area contributed by atoms with Crippen molar-refractivity contribution in [2.75, 3.05) is 6.54 Å². The number of nitrogens with zero attached hydrogens (tertiary/aromatic N) is 2. The topological polar surface area (TPSA) is 75.1 Å².